The van der Waals surface area contributed by atoms with Gasteiger partial charge >= 0.3 is 6.18 Å². The molecular formula is C27H25F3N2O3. The van der Waals surface area contributed by atoms with Crippen molar-refractivity contribution in [2.45, 2.75) is 19.0 Å². The zero-order chi connectivity index (χ0) is 25.0. The Morgan fingerprint density at radius 3 is 2.51 bits per heavy atom. The van der Waals surface area contributed by atoms with Gasteiger partial charge in [-0.1, -0.05) is 36.4 Å². The van der Waals surface area contributed by atoms with E-state index in [4.69, 9.17) is 9.47 Å². The van der Waals surface area contributed by atoms with Gasteiger partial charge in [-0.3, -0.25) is 4.79 Å². The summed E-state index contributed by atoms with van der Waals surface area (Å²) >= 11 is 0. The number of aromatic nitrogens is 1. The molecule has 0 fully saturated rings. The molecule has 0 spiro atoms. The van der Waals surface area contributed by atoms with E-state index < -0.39 is 23.2 Å². The maximum absolute atomic E-state index is 13.4. The van der Waals surface area contributed by atoms with E-state index >= 15 is 0 Å². The van der Waals surface area contributed by atoms with Gasteiger partial charge in [0.25, 0.3) is 5.91 Å². The first kappa shape index (κ1) is 24.2. The number of H-pyrrole nitrogens is 1. The summed E-state index contributed by atoms with van der Waals surface area (Å²) in [5.41, 5.74) is 1.25. The van der Waals surface area contributed by atoms with E-state index in [-0.39, 0.29) is 12.5 Å². The van der Waals surface area contributed by atoms with Crippen molar-refractivity contribution in [2.75, 3.05) is 20.3 Å². The van der Waals surface area contributed by atoms with E-state index in [0.29, 0.717) is 18.1 Å². The van der Waals surface area contributed by atoms with Crippen LogP contribution in [0.5, 0.6) is 11.5 Å². The number of para-hydroxylation sites is 1. The van der Waals surface area contributed by atoms with Crippen LogP contribution in [-0.2, 0) is 6.18 Å². The van der Waals surface area contributed by atoms with Crippen LogP contribution in [0.15, 0.2) is 72.9 Å². The molecule has 1 aromatic heterocycles. The highest BCUT2D eigenvalue weighted by atomic mass is 19.4. The summed E-state index contributed by atoms with van der Waals surface area (Å²) in [6.45, 7) is 2.41. The Bertz CT molecular complexity index is 1330. The van der Waals surface area contributed by atoms with Crippen molar-refractivity contribution < 1.29 is 27.4 Å². The number of amides is 1. The Hall–Kier alpha value is -3.94. The standard InChI is InChI=1S/C27H25F3N2O3/c1-3-35-24-13-12-17(14-25(24)34-2)20(21-16-31-23-11-7-5-8-18(21)23)15-32-26(33)19-9-4-6-10-22(19)27(28,29)30/h4-14,16,20,31H,3,15H2,1-2H3,(H,32,33). The van der Waals surface area contributed by atoms with Crippen molar-refractivity contribution in [3.63, 3.8) is 0 Å². The number of fused-ring (bicyclic) bond motifs is 1. The lowest BCUT2D eigenvalue weighted by molar-refractivity contribution is -0.137. The van der Waals surface area contributed by atoms with Crippen molar-refractivity contribution in [1.82, 2.24) is 10.3 Å². The molecule has 182 valence electrons. The number of carbonyl (C=O) groups excluding carboxylic acids is 1. The molecule has 1 atom stereocenters. The zero-order valence-electron chi connectivity index (χ0n) is 19.3. The molecule has 8 heteroatoms. The first-order valence-corrected chi connectivity index (χ1v) is 11.1. The van der Waals surface area contributed by atoms with Gasteiger partial charge in [-0.2, -0.15) is 13.2 Å². The number of benzene rings is 3. The Balaban J connectivity index is 1.71. The number of hydrogen-bond acceptors (Lipinski definition) is 3. The van der Waals surface area contributed by atoms with Crippen LogP contribution in [0.3, 0.4) is 0 Å². The molecule has 3 aromatic carbocycles. The number of hydrogen-bond donors (Lipinski definition) is 2. The molecule has 4 rings (SSSR count). The highest BCUT2D eigenvalue weighted by Gasteiger charge is 2.35. The van der Waals surface area contributed by atoms with Crippen LogP contribution in [0, 0.1) is 0 Å². The molecular weight excluding hydrogens is 457 g/mol. The molecule has 4 aromatic rings. The lowest BCUT2D eigenvalue weighted by atomic mass is 9.90. The van der Waals surface area contributed by atoms with Crippen molar-refractivity contribution in [3.8, 4) is 11.5 Å². The number of ether oxygens (including phenoxy) is 2. The van der Waals surface area contributed by atoms with Crippen LogP contribution in [-0.4, -0.2) is 31.2 Å². The molecule has 1 heterocycles. The number of rotatable bonds is 8. The first-order valence-electron chi connectivity index (χ1n) is 11.1. The predicted octanol–water partition coefficient (Wildman–Crippen LogP) is 6.16. The van der Waals surface area contributed by atoms with Gasteiger partial charge in [0.15, 0.2) is 11.5 Å². The fourth-order valence-electron chi connectivity index (χ4n) is 4.18. The second kappa shape index (κ2) is 10.1. The highest BCUT2D eigenvalue weighted by Crippen LogP contribution is 2.36. The minimum absolute atomic E-state index is 0.0734. The van der Waals surface area contributed by atoms with E-state index in [1.54, 1.807) is 6.07 Å². The largest absolute Gasteiger partial charge is 0.493 e. The van der Waals surface area contributed by atoms with Crippen molar-refractivity contribution in [1.29, 1.82) is 0 Å². The van der Waals surface area contributed by atoms with E-state index in [9.17, 15) is 18.0 Å². The normalized spacial score (nSPS) is 12.4. The minimum atomic E-state index is -4.63. The Labute approximate surface area is 200 Å². The van der Waals surface area contributed by atoms with Gasteiger partial charge < -0.3 is 19.8 Å². The summed E-state index contributed by atoms with van der Waals surface area (Å²) in [4.78, 5) is 16.1. The van der Waals surface area contributed by atoms with Gasteiger partial charge in [-0.25, -0.2) is 0 Å². The van der Waals surface area contributed by atoms with Crippen molar-refractivity contribution in [2.24, 2.45) is 0 Å². The lowest BCUT2D eigenvalue weighted by Gasteiger charge is -2.21. The lowest BCUT2D eigenvalue weighted by Crippen LogP contribution is -2.30. The zero-order valence-corrected chi connectivity index (χ0v) is 19.3. The molecule has 0 aliphatic rings. The van der Waals surface area contributed by atoms with E-state index in [1.807, 2.05) is 49.5 Å². The maximum Gasteiger partial charge on any atom is 0.417 e. The fourth-order valence-corrected chi connectivity index (χ4v) is 4.18. The number of aromatic amines is 1. The smallest absolute Gasteiger partial charge is 0.417 e. The monoisotopic (exact) mass is 482 g/mol. The van der Waals surface area contributed by atoms with Gasteiger partial charge in [-0.05, 0) is 48.4 Å². The molecule has 1 amide bonds. The molecule has 0 radical (unpaired) electrons. The summed E-state index contributed by atoms with van der Waals surface area (Å²) in [5, 5.41) is 3.67. The molecule has 35 heavy (non-hydrogen) atoms. The molecule has 0 saturated heterocycles. The van der Waals surface area contributed by atoms with Crippen molar-refractivity contribution in [3.05, 3.63) is 95.2 Å². The topological polar surface area (TPSA) is 63.3 Å². The van der Waals surface area contributed by atoms with Gasteiger partial charge in [0, 0.05) is 29.6 Å². The Kier molecular flexibility index (Phi) is 7.00. The fraction of sp³-hybridized carbons (Fsp3) is 0.222. The maximum atomic E-state index is 13.4. The van der Waals surface area contributed by atoms with Gasteiger partial charge in [0.05, 0.1) is 24.8 Å². The molecule has 0 bridgehead atoms. The molecule has 0 aliphatic carbocycles. The molecule has 2 N–H and O–H groups in total. The number of carbonyl (C=O) groups is 1. The summed E-state index contributed by atoms with van der Waals surface area (Å²) < 4.78 is 51.4. The number of methoxy groups -OCH3 is 1. The van der Waals surface area contributed by atoms with Crippen LogP contribution in [0.2, 0.25) is 0 Å². The quantitative estimate of drug-likeness (QED) is 0.316. The molecule has 0 aliphatic heterocycles. The third-order valence-electron chi connectivity index (χ3n) is 5.83. The molecule has 5 nitrogen and oxygen atoms in total. The van der Waals surface area contributed by atoms with E-state index in [0.717, 1.165) is 28.1 Å². The van der Waals surface area contributed by atoms with Gasteiger partial charge in [-0.15, -0.1) is 0 Å². The van der Waals surface area contributed by atoms with E-state index in [2.05, 4.69) is 10.3 Å². The second-order valence-electron chi connectivity index (χ2n) is 7.94. The summed E-state index contributed by atoms with van der Waals surface area (Å²) in [7, 11) is 1.54. The second-order valence-corrected chi connectivity index (χ2v) is 7.94. The average molecular weight is 483 g/mol. The van der Waals surface area contributed by atoms with Gasteiger partial charge in [0.1, 0.15) is 0 Å². The minimum Gasteiger partial charge on any atom is -0.493 e. The first-order chi connectivity index (χ1) is 16.8. The van der Waals surface area contributed by atoms with Crippen LogP contribution in [0.25, 0.3) is 10.9 Å². The summed E-state index contributed by atoms with van der Waals surface area (Å²) in [6, 6.07) is 18.0. The number of halogens is 3. The number of alkyl halides is 3. The predicted molar refractivity (Wildman–Crippen MR) is 128 cm³/mol. The summed E-state index contributed by atoms with van der Waals surface area (Å²) in [6.07, 6.45) is -2.78. The molecule has 0 saturated carbocycles. The van der Waals surface area contributed by atoms with Crippen molar-refractivity contribution >= 4 is 16.8 Å². The van der Waals surface area contributed by atoms with Crippen LogP contribution >= 0.6 is 0 Å². The third kappa shape index (κ3) is 5.11. The van der Waals surface area contributed by atoms with Crippen LogP contribution in [0.1, 0.15) is 39.9 Å². The SMILES string of the molecule is CCOc1ccc(C(CNC(=O)c2ccccc2C(F)(F)F)c2c[nH]c3ccccc23)cc1OC. The summed E-state index contributed by atoms with van der Waals surface area (Å²) in [5.74, 6) is -0.0408. The third-order valence-corrected chi connectivity index (χ3v) is 5.83. The van der Waals surface area contributed by atoms with Crippen LogP contribution < -0.4 is 14.8 Å². The number of nitrogens with one attached hydrogen (secondary N) is 2. The Morgan fingerprint density at radius 1 is 1.03 bits per heavy atom. The van der Waals surface area contributed by atoms with E-state index in [1.165, 1.54) is 25.3 Å². The van der Waals surface area contributed by atoms with Gasteiger partial charge in [0.2, 0.25) is 0 Å². The van der Waals surface area contributed by atoms with Crippen LogP contribution in [0.4, 0.5) is 13.2 Å². The molecule has 1 unspecified atom stereocenters. The Morgan fingerprint density at radius 2 is 1.77 bits per heavy atom. The average Bonchev–Trinajstić information content (AvgIpc) is 3.28. The highest BCUT2D eigenvalue weighted by molar-refractivity contribution is 5.96.